The molecule has 0 bridgehead atoms. The van der Waals surface area contributed by atoms with E-state index in [0.29, 0.717) is 16.5 Å². The van der Waals surface area contributed by atoms with E-state index in [1.165, 1.54) is 41.3 Å². The van der Waals surface area contributed by atoms with E-state index < -0.39 is 29.3 Å². The van der Waals surface area contributed by atoms with Gasteiger partial charge in [-0.15, -0.1) is 0 Å². The lowest BCUT2D eigenvalue weighted by Gasteiger charge is -2.27. The Bertz CT molecular complexity index is 1510. The van der Waals surface area contributed by atoms with Crippen LogP contribution in [-0.4, -0.2) is 16.8 Å². The fraction of sp³-hybridized carbons (Fsp3) is 0.0400. The molecule has 1 aliphatic heterocycles. The van der Waals surface area contributed by atoms with Crippen molar-refractivity contribution in [2.24, 2.45) is 0 Å². The molecule has 2 heterocycles. The summed E-state index contributed by atoms with van der Waals surface area (Å²) in [5, 5.41) is 12.0. The molecule has 1 N–H and O–H groups in total. The van der Waals surface area contributed by atoms with Crippen molar-refractivity contribution < 1.29 is 23.5 Å². The van der Waals surface area contributed by atoms with Gasteiger partial charge in [-0.3, -0.25) is 14.5 Å². The molecule has 0 saturated carbocycles. The molecule has 1 atom stereocenters. The summed E-state index contributed by atoms with van der Waals surface area (Å²) in [5.41, 5.74) is 0.993. The molecule has 0 radical (unpaired) electrons. The van der Waals surface area contributed by atoms with E-state index in [1.807, 2.05) is 0 Å². The molecule has 4 aromatic rings. The highest BCUT2D eigenvalue weighted by molar-refractivity contribution is 9.10. The van der Waals surface area contributed by atoms with E-state index in [2.05, 4.69) is 15.9 Å². The number of furan rings is 1. The van der Waals surface area contributed by atoms with Crippen LogP contribution in [0.15, 0.2) is 87.0 Å². The summed E-state index contributed by atoms with van der Waals surface area (Å²) in [6.45, 7) is 0. The second-order valence-electron chi connectivity index (χ2n) is 7.61. The molecular weight excluding hydrogens is 548 g/mol. The van der Waals surface area contributed by atoms with Crippen molar-refractivity contribution in [3.8, 4) is 0 Å². The average Bonchev–Trinajstić information content (AvgIpc) is 3.34. The monoisotopic (exact) mass is 559 g/mol. The topological polar surface area (TPSA) is 70.8 Å². The molecule has 0 spiro atoms. The number of hydrogen-bond acceptors (Lipinski definition) is 4. The molecule has 0 fully saturated rings. The summed E-state index contributed by atoms with van der Waals surface area (Å²) in [5.74, 6) is -2.76. The zero-order valence-corrected chi connectivity index (χ0v) is 20.2. The fourth-order valence-electron chi connectivity index (χ4n) is 3.96. The van der Waals surface area contributed by atoms with Gasteiger partial charge in [0.2, 0.25) is 5.78 Å². The van der Waals surface area contributed by atoms with Crippen molar-refractivity contribution in [2.45, 2.75) is 6.04 Å². The normalized spacial score (nSPS) is 16.1. The lowest BCUT2D eigenvalue weighted by Crippen LogP contribution is -2.31. The number of rotatable bonds is 4. The molecule has 1 aromatic heterocycles. The van der Waals surface area contributed by atoms with Crippen LogP contribution < -0.4 is 4.90 Å². The Balaban J connectivity index is 1.67. The van der Waals surface area contributed by atoms with E-state index in [1.54, 1.807) is 30.3 Å². The minimum absolute atomic E-state index is 0.0477. The SMILES string of the molecule is O=C(C1=C(O)C(=O)N(c2ccc(F)cc2)C1c1ccc(Cl)c(Cl)c1)c1cc2cc(Br)ccc2o1. The van der Waals surface area contributed by atoms with E-state index in [9.17, 15) is 19.1 Å². The number of benzene rings is 3. The number of halogens is 4. The number of aliphatic hydroxyl groups excluding tert-OH is 1. The second-order valence-corrected chi connectivity index (χ2v) is 9.34. The van der Waals surface area contributed by atoms with Gasteiger partial charge in [0, 0.05) is 15.5 Å². The molecule has 5 rings (SSSR count). The molecule has 1 aliphatic rings. The third-order valence-corrected chi connectivity index (χ3v) is 6.75. The number of Topliss-reactive ketones (excluding diaryl/α,β-unsaturated/α-hetero) is 1. The largest absolute Gasteiger partial charge is 0.503 e. The third kappa shape index (κ3) is 3.79. The first-order valence-corrected chi connectivity index (χ1v) is 11.5. The number of aliphatic hydroxyl groups is 1. The lowest BCUT2D eigenvalue weighted by molar-refractivity contribution is -0.117. The quantitative estimate of drug-likeness (QED) is 0.263. The first-order valence-electron chi connectivity index (χ1n) is 9.95. The lowest BCUT2D eigenvalue weighted by atomic mass is 9.94. The summed E-state index contributed by atoms with van der Waals surface area (Å²) in [6.07, 6.45) is 0. The van der Waals surface area contributed by atoms with Gasteiger partial charge in [0.25, 0.3) is 5.91 Å². The average molecular weight is 561 g/mol. The number of hydrogen-bond donors (Lipinski definition) is 1. The first kappa shape index (κ1) is 22.7. The third-order valence-electron chi connectivity index (χ3n) is 5.52. The molecule has 5 nitrogen and oxygen atoms in total. The molecule has 9 heteroatoms. The number of fused-ring (bicyclic) bond motifs is 1. The number of nitrogens with zero attached hydrogens (tertiary/aromatic N) is 1. The van der Waals surface area contributed by atoms with Crippen LogP contribution >= 0.6 is 39.1 Å². The zero-order valence-electron chi connectivity index (χ0n) is 17.1. The van der Waals surface area contributed by atoms with Gasteiger partial charge >= 0.3 is 0 Å². The van der Waals surface area contributed by atoms with Crippen molar-refractivity contribution in [3.63, 3.8) is 0 Å². The number of carbonyl (C=O) groups is 2. The Morgan fingerprint density at radius 1 is 1.00 bits per heavy atom. The number of ketones is 1. The second kappa shape index (κ2) is 8.58. The molecule has 3 aromatic carbocycles. The van der Waals surface area contributed by atoms with Gasteiger partial charge < -0.3 is 9.52 Å². The maximum atomic E-state index is 13.6. The summed E-state index contributed by atoms with van der Waals surface area (Å²) in [7, 11) is 0. The summed E-state index contributed by atoms with van der Waals surface area (Å²) >= 11 is 15.7. The fourth-order valence-corrected chi connectivity index (χ4v) is 4.65. The summed E-state index contributed by atoms with van der Waals surface area (Å²) in [4.78, 5) is 28.0. The maximum absolute atomic E-state index is 13.6. The smallest absolute Gasteiger partial charge is 0.294 e. The number of carbonyl (C=O) groups excluding carboxylic acids is 2. The molecule has 0 saturated heterocycles. The standard InChI is InChI=1S/C25H13BrCl2FNO4/c26-14-2-8-19-13(9-14)11-20(34-19)23(31)21-22(12-1-7-17(27)18(28)10-12)30(25(33)24(21)32)16-5-3-15(29)4-6-16/h1-11,22,32H. The number of anilines is 1. The van der Waals surface area contributed by atoms with E-state index >= 15 is 0 Å². The molecule has 1 unspecified atom stereocenters. The van der Waals surface area contributed by atoms with Crippen LogP contribution in [0.5, 0.6) is 0 Å². The number of amides is 1. The van der Waals surface area contributed by atoms with Gasteiger partial charge in [0.1, 0.15) is 11.4 Å². The van der Waals surface area contributed by atoms with Crippen molar-refractivity contribution in [3.05, 3.63) is 110 Å². The van der Waals surface area contributed by atoms with Gasteiger partial charge in [-0.2, -0.15) is 0 Å². The summed E-state index contributed by atoms with van der Waals surface area (Å²) in [6, 6.07) is 15.5. The van der Waals surface area contributed by atoms with E-state index in [4.69, 9.17) is 27.6 Å². The van der Waals surface area contributed by atoms with Crippen molar-refractivity contribution in [1.82, 2.24) is 0 Å². The predicted octanol–water partition coefficient (Wildman–Crippen LogP) is 7.42. The van der Waals surface area contributed by atoms with Crippen molar-refractivity contribution >= 4 is 67.5 Å². The van der Waals surface area contributed by atoms with Gasteiger partial charge in [-0.25, -0.2) is 4.39 Å². The van der Waals surface area contributed by atoms with Gasteiger partial charge in [-0.05, 0) is 66.2 Å². The highest BCUT2D eigenvalue weighted by atomic mass is 79.9. The van der Waals surface area contributed by atoms with Gasteiger partial charge in [0.05, 0.1) is 21.7 Å². The van der Waals surface area contributed by atoms with Crippen molar-refractivity contribution in [1.29, 1.82) is 0 Å². The van der Waals surface area contributed by atoms with Crippen molar-refractivity contribution in [2.75, 3.05) is 4.90 Å². The summed E-state index contributed by atoms with van der Waals surface area (Å²) < 4.78 is 20.1. The van der Waals surface area contributed by atoms with E-state index in [-0.39, 0.29) is 27.1 Å². The molecule has 34 heavy (non-hydrogen) atoms. The minimum Gasteiger partial charge on any atom is -0.503 e. The van der Waals surface area contributed by atoms with Crippen LogP contribution in [0.2, 0.25) is 10.0 Å². The first-order chi connectivity index (χ1) is 16.2. The Labute approximate surface area is 211 Å². The Hall–Kier alpha value is -3.13. The highest BCUT2D eigenvalue weighted by Crippen LogP contribution is 2.43. The van der Waals surface area contributed by atoms with Crippen LogP contribution in [0.1, 0.15) is 22.2 Å². The Morgan fingerprint density at radius 2 is 1.74 bits per heavy atom. The molecule has 170 valence electrons. The zero-order chi connectivity index (χ0) is 24.1. The van der Waals surface area contributed by atoms with Crippen LogP contribution in [0.25, 0.3) is 11.0 Å². The van der Waals surface area contributed by atoms with Crippen LogP contribution in [0, 0.1) is 5.82 Å². The Kier molecular flexibility index (Phi) is 5.72. The predicted molar refractivity (Wildman–Crippen MR) is 131 cm³/mol. The highest BCUT2D eigenvalue weighted by Gasteiger charge is 2.45. The van der Waals surface area contributed by atoms with Gasteiger partial charge in [-0.1, -0.05) is 45.2 Å². The van der Waals surface area contributed by atoms with Crippen LogP contribution in [0.3, 0.4) is 0 Å². The minimum atomic E-state index is -1.06. The Morgan fingerprint density at radius 3 is 2.44 bits per heavy atom. The van der Waals surface area contributed by atoms with E-state index in [0.717, 1.165) is 4.47 Å². The van der Waals surface area contributed by atoms with Crippen LogP contribution in [0.4, 0.5) is 10.1 Å². The van der Waals surface area contributed by atoms with Crippen LogP contribution in [-0.2, 0) is 4.79 Å². The molecule has 0 aliphatic carbocycles. The van der Waals surface area contributed by atoms with Gasteiger partial charge in [0.15, 0.2) is 11.5 Å². The molecular formula is C25H13BrCl2FNO4. The molecule has 1 amide bonds. The maximum Gasteiger partial charge on any atom is 0.294 e.